The molecule has 0 bridgehead atoms. The molecule has 2 fully saturated rings. The highest BCUT2D eigenvalue weighted by Crippen LogP contribution is 2.47. The smallest absolute Gasteiger partial charge is 0.274 e. The highest BCUT2D eigenvalue weighted by Gasteiger charge is 2.50. The molecule has 0 radical (unpaired) electrons. The van der Waals surface area contributed by atoms with Crippen LogP contribution in [-0.2, 0) is 0 Å². The van der Waals surface area contributed by atoms with E-state index in [1.165, 1.54) is 0 Å². The van der Waals surface area contributed by atoms with Gasteiger partial charge in [-0.2, -0.15) is 0 Å². The zero-order valence-corrected chi connectivity index (χ0v) is 10.8. The Kier molecular flexibility index (Phi) is 3.19. The van der Waals surface area contributed by atoms with Crippen LogP contribution in [0.5, 0.6) is 0 Å². The van der Waals surface area contributed by atoms with Gasteiger partial charge in [0.15, 0.2) is 0 Å². The van der Waals surface area contributed by atoms with E-state index < -0.39 is 11.9 Å². The molecular weight excluding hydrogens is 234 g/mol. The minimum atomic E-state index is -0.578. The third-order valence-electron chi connectivity index (χ3n) is 3.94. The number of aliphatic hydroxyl groups excluding tert-OH is 2. The van der Waals surface area contributed by atoms with Crippen LogP contribution in [0, 0.1) is 5.92 Å². The molecule has 0 saturated carbocycles. The molecule has 5 heteroatoms. The van der Waals surface area contributed by atoms with E-state index in [0.29, 0.717) is 43.0 Å². The van der Waals surface area contributed by atoms with Crippen molar-refractivity contribution in [3.05, 3.63) is 23.0 Å². The third-order valence-corrected chi connectivity index (χ3v) is 3.94. The first kappa shape index (κ1) is 13.1. The molecule has 2 rings (SSSR count). The lowest BCUT2D eigenvalue weighted by molar-refractivity contribution is 0.163. The molecule has 102 valence electrons. The summed E-state index contributed by atoms with van der Waals surface area (Å²) in [6, 6.07) is 0. The lowest BCUT2D eigenvalue weighted by Crippen LogP contribution is -2.39. The van der Waals surface area contributed by atoms with Crippen molar-refractivity contribution < 1.29 is 20.4 Å². The topological polar surface area (TPSA) is 84.2 Å². The molecule has 18 heavy (non-hydrogen) atoms. The normalized spacial score (nSPS) is 22.6. The first-order valence-electron chi connectivity index (χ1n) is 6.29. The Morgan fingerprint density at radius 1 is 1.06 bits per heavy atom. The average molecular weight is 255 g/mol. The highest BCUT2D eigenvalue weighted by molar-refractivity contribution is 5.29. The van der Waals surface area contributed by atoms with Crippen molar-refractivity contribution in [3.63, 3.8) is 0 Å². The Hall–Kier alpha value is -1.36. The van der Waals surface area contributed by atoms with Crippen molar-refractivity contribution in [1.82, 2.24) is 4.90 Å². The number of aliphatic hydroxyl groups is 4. The molecule has 0 spiro atoms. The summed E-state index contributed by atoms with van der Waals surface area (Å²) in [5.74, 6) is -0.689. The standard InChI is InChI=1S/C13H21NO4/c1-8(2)3-13-4-9(11(15)16)6-14(13)7-10(5-13)12(17)18/h8,15-18H,3-7H2,1-2H3. The largest absolute Gasteiger partial charge is 0.481 e. The molecule has 0 aromatic rings. The maximum Gasteiger partial charge on any atom is 0.274 e. The summed E-state index contributed by atoms with van der Waals surface area (Å²) >= 11 is 0. The maximum atomic E-state index is 9.23. The van der Waals surface area contributed by atoms with Gasteiger partial charge in [-0.1, -0.05) is 13.8 Å². The van der Waals surface area contributed by atoms with Gasteiger partial charge < -0.3 is 20.4 Å². The van der Waals surface area contributed by atoms with Crippen LogP contribution in [0.25, 0.3) is 0 Å². The second-order valence-corrected chi connectivity index (χ2v) is 5.89. The molecule has 0 amide bonds. The Balaban J connectivity index is 2.30. The van der Waals surface area contributed by atoms with Gasteiger partial charge in [0.1, 0.15) is 0 Å². The van der Waals surface area contributed by atoms with Gasteiger partial charge >= 0.3 is 0 Å². The zero-order chi connectivity index (χ0) is 13.5. The summed E-state index contributed by atoms with van der Waals surface area (Å²) in [4.78, 5) is 2.12. The fourth-order valence-electron chi connectivity index (χ4n) is 3.38. The number of hydrogen-bond donors (Lipinski definition) is 4. The number of hydrogen-bond acceptors (Lipinski definition) is 5. The van der Waals surface area contributed by atoms with Gasteiger partial charge in [0.2, 0.25) is 0 Å². The summed E-state index contributed by atoms with van der Waals surface area (Å²) in [5, 5.41) is 36.9. The summed E-state index contributed by atoms with van der Waals surface area (Å²) in [7, 11) is 0. The van der Waals surface area contributed by atoms with E-state index in [-0.39, 0.29) is 5.54 Å². The number of fused-ring (bicyclic) bond motifs is 1. The van der Waals surface area contributed by atoms with Gasteiger partial charge in [0.25, 0.3) is 11.9 Å². The van der Waals surface area contributed by atoms with Crippen LogP contribution in [0.1, 0.15) is 33.1 Å². The van der Waals surface area contributed by atoms with Gasteiger partial charge in [-0.05, 0) is 25.2 Å². The second kappa shape index (κ2) is 4.39. The SMILES string of the molecule is CC(C)CC12CC(=C(O)O)CN1CC(=C(O)O)C2. The van der Waals surface area contributed by atoms with Crippen LogP contribution >= 0.6 is 0 Å². The Labute approximate surface area is 107 Å². The molecular formula is C13H21NO4. The van der Waals surface area contributed by atoms with Crippen LogP contribution in [-0.4, -0.2) is 44.0 Å². The van der Waals surface area contributed by atoms with E-state index in [2.05, 4.69) is 18.7 Å². The lowest BCUT2D eigenvalue weighted by atomic mass is 9.83. The average Bonchev–Trinajstić information content (AvgIpc) is 2.69. The third kappa shape index (κ3) is 2.14. The summed E-state index contributed by atoms with van der Waals surface area (Å²) in [6.45, 7) is 5.22. The van der Waals surface area contributed by atoms with Gasteiger partial charge in [0, 0.05) is 29.8 Å². The minimum Gasteiger partial charge on any atom is -0.481 e. The molecule has 0 aliphatic carbocycles. The van der Waals surface area contributed by atoms with Crippen LogP contribution < -0.4 is 0 Å². The predicted molar refractivity (Wildman–Crippen MR) is 67.6 cm³/mol. The van der Waals surface area contributed by atoms with Gasteiger partial charge in [-0.15, -0.1) is 0 Å². The molecule has 0 aromatic carbocycles. The Bertz CT molecular complexity index is 373. The highest BCUT2D eigenvalue weighted by atomic mass is 16.5. The van der Waals surface area contributed by atoms with E-state index >= 15 is 0 Å². The van der Waals surface area contributed by atoms with E-state index in [0.717, 1.165) is 6.42 Å². The fourth-order valence-corrected chi connectivity index (χ4v) is 3.38. The zero-order valence-electron chi connectivity index (χ0n) is 10.8. The van der Waals surface area contributed by atoms with Crippen molar-refractivity contribution >= 4 is 0 Å². The molecule has 4 N–H and O–H groups in total. The first-order chi connectivity index (χ1) is 8.34. The van der Waals surface area contributed by atoms with Gasteiger partial charge in [0.05, 0.1) is 0 Å². The van der Waals surface area contributed by atoms with Crippen LogP contribution in [0.3, 0.4) is 0 Å². The molecule has 0 atom stereocenters. The predicted octanol–water partition coefficient (Wildman–Crippen LogP) is 2.54. The molecule has 5 nitrogen and oxygen atoms in total. The van der Waals surface area contributed by atoms with Crippen LogP contribution in [0.2, 0.25) is 0 Å². The molecule has 2 aliphatic rings. The molecule has 0 unspecified atom stereocenters. The summed E-state index contributed by atoms with van der Waals surface area (Å²) < 4.78 is 0. The van der Waals surface area contributed by atoms with Crippen LogP contribution in [0.4, 0.5) is 0 Å². The number of nitrogens with zero attached hydrogens (tertiary/aromatic N) is 1. The van der Waals surface area contributed by atoms with E-state index in [9.17, 15) is 20.4 Å². The Morgan fingerprint density at radius 3 is 1.83 bits per heavy atom. The molecule has 2 aliphatic heterocycles. The van der Waals surface area contributed by atoms with Crippen molar-refractivity contribution in [2.24, 2.45) is 5.92 Å². The molecule has 2 saturated heterocycles. The first-order valence-corrected chi connectivity index (χ1v) is 6.29. The summed E-state index contributed by atoms with van der Waals surface area (Å²) in [5.41, 5.74) is 1.10. The Morgan fingerprint density at radius 2 is 1.50 bits per heavy atom. The van der Waals surface area contributed by atoms with E-state index in [1.807, 2.05) is 0 Å². The number of rotatable bonds is 2. The van der Waals surface area contributed by atoms with Crippen molar-refractivity contribution in [3.8, 4) is 0 Å². The monoisotopic (exact) mass is 255 g/mol. The second-order valence-electron chi connectivity index (χ2n) is 5.89. The molecule has 0 aromatic heterocycles. The van der Waals surface area contributed by atoms with Gasteiger partial charge in [-0.25, -0.2) is 0 Å². The fraction of sp³-hybridized carbons (Fsp3) is 0.692. The quantitative estimate of drug-likeness (QED) is 0.570. The summed E-state index contributed by atoms with van der Waals surface area (Å²) in [6.07, 6.45) is 2.08. The van der Waals surface area contributed by atoms with Gasteiger partial charge in [-0.3, -0.25) is 4.90 Å². The maximum absolute atomic E-state index is 9.23. The van der Waals surface area contributed by atoms with Crippen molar-refractivity contribution in [1.29, 1.82) is 0 Å². The lowest BCUT2D eigenvalue weighted by Gasteiger charge is -2.32. The van der Waals surface area contributed by atoms with E-state index in [4.69, 9.17) is 0 Å². The molecule has 2 heterocycles. The van der Waals surface area contributed by atoms with Crippen molar-refractivity contribution in [2.45, 2.75) is 38.6 Å². The van der Waals surface area contributed by atoms with Crippen molar-refractivity contribution in [2.75, 3.05) is 13.1 Å². The van der Waals surface area contributed by atoms with E-state index in [1.54, 1.807) is 0 Å². The minimum absolute atomic E-state index is 0.188. The van der Waals surface area contributed by atoms with Crippen LogP contribution in [0.15, 0.2) is 23.0 Å².